The summed E-state index contributed by atoms with van der Waals surface area (Å²) < 4.78 is 25.9. The SMILES string of the molecule is Cn1cnc(S(=O)(=O)N=C=O)c1. The van der Waals surface area contributed by atoms with E-state index in [1.54, 1.807) is 7.05 Å². The van der Waals surface area contributed by atoms with E-state index >= 15 is 0 Å². The smallest absolute Gasteiger partial charge is 0.311 e. The third-order valence-corrected chi connectivity index (χ3v) is 2.16. The lowest BCUT2D eigenvalue weighted by Gasteiger charge is -1.86. The van der Waals surface area contributed by atoms with Crippen LogP contribution in [0.15, 0.2) is 21.9 Å². The second-order valence-corrected chi connectivity index (χ2v) is 3.59. The number of hydrogen-bond acceptors (Lipinski definition) is 4. The number of isocyanates is 1. The van der Waals surface area contributed by atoms with Crippen LogP contribution in [-0.4, -0.2) is 24.0 Å². The molecular formula is C5H5N3O3S. The number of hydrogen-bond donors (Lipinski definition) is 0. The molecule has 0 aromatic carbocycles. The van der Waals surface area contributed by atoms with Crippen molar-refractivity contribution < 1.29 is 13.2 Å². The summed E-state index contributed by atoms with van der Waals surface area (Å²) in [5.74, 6) is 0. The first-order valence-electron chi connectivity index (χ1n) is 2.88. The lowest BCUT2D eigenvalue weighted by molar-refractivity contribution is 0.563. The Bertz CT molecular complexity index is 427. The van der Waals surface area contributed by atoms with Gasteiger partial charge in [-0.3, -0.25) is 0 Å². The van der Waals surface area contributed by atoms with Gasteiger partial charge in [0.25, 0.3) is 6.08 Å². The molecule has 0 N–H and O–H groups in total. The third-order valence-electron chi connectivity index (χ3n) is 1.10. The molecule has 0 bridgehead atoms. The Balaban J connectivity index is 3.23. The number of sulfonamides is 1. The monoisotopic (exact) mass is 187 g/mol. The van der Waals surface area contributed by atoms with E-state index in [1.807, 2.05) is 0 Å². The number of carbonyl (C=O) groups excluding carboxylic acids is 1. The minimum Gasteiger partial charge on any atom is -0.339 e. The van der Waals surface area contributed by atoms with Gasteiger partial charge in [-0.05, 0) is 0 Å². The zero-order chi connectivity index (χ0) is 9.19. The van der Waals surface area contributed by atoms with Gasteiger partial charge in [-0.15, -0.1) is 0 Å². The fourth-order valence-electron chi connectivity index (χ4n) is 0.618. The Morgan fingerprint density at radius 2 is 2.33 bits per heavy atom. The van der Waals surface area contributed by atoms with E-state index in [-0.39, 0.29) is 5.03 Å². The predicted octanol–water partition coefficient (Wildman–Crippen LogP) is -0.555. The average Bonchev–Trinajstić information content (AvgIpc) is 2.36. The molecule has 0 aliphatic heterocycles. The molecule has 0 amide bonds. The quantitative estimate of drug-likeness (QED) is 0.459. The van der Waals surface area contributed by atoms with Gasteiger partial charge in [0.05, 0.1) is 6.33 Å². The van der Waals surface area contributed by atoms with Crippen LogP contribution in [0.2, 0.25) is 0 Å². The summed E-state index contributed by atoms with van der Waals surface area (Å²) in [4.78, 5) is 13.2. The molecule has 0 saturated heterocycles. The van der Waals surface area contributed by atoms with Crippen molar-refractivity contribution in [1.29, 1.82) is 0 Å². The Morgan fingerprint density at radius 1 is 1.67 bits per heavy atom. The third kappa shape index (κ3) is 1.58. The van der Waals surface area contributed by atoms with Crippen molar-refractivity contribution in [3.8, 4) is 0 Å². The Kier molecular flexibility index (Phi) is 2.07. The largest absolute Gasteiger partial charge is 0.339 e. The standard InChI is InChI=1S/C5H5N3O3S/c1-8-2-5(6-3-8)12(10,11)7-4-9/h2-3H,1H3. The van der Waals surface area contributed by atoms with Crippen LogP contribution < -0.4 is 0 Å². The number of aryl methyl sites for hydroxylation is 1. The van der Waals surface area contributed by atoms with Crippen LogP contribution >= 0.6 is 0 Å². The highest BCUT2D eigenvalue weighted by molar-refractivity contribution is 7.90. The molecule has 7 heteroatoms. The summed E-state index contributed by atoms with van der Waals surface area (Å²) in [7, 11) is -2.31. The zero-order valence-electron chi connectivity index (χ0n) is 6.13. The van der Waals surface area contributed by atoms with Gasteiger partial charge in [-0.1, -0.05) is 4.40 Å². The van der Waals surface area contributed by atoms with E-state index in [4.69, 9.17) is 0 Å². The molecule has 1 aromatic rings. The molecule has 6 nitrogen and oxygen atoms in total. The van der Waals surface area contributed by atoms with Crippen molar-refractivity contribution in [3.05, 3.63) is 12.5 Å². The number of rotatable bonds is 2. The number of nitrogens with zero attached hydrogens (tertiary/aromatic N) is 3. The summed E-state index contributed by atoms with van der Waals surface area (Å²) in [5.41, 5.74) is 0. The average molecular weight is 187 g/mol. The van der Waals surface area contributed by atoms with Crippen molar-refractivity contribution >= 4 is 16.1 Å². The van der Waals surface area contributed by atoms with Gasteiger partial charge in [0.1, 0.15) is 0 Å². The van der Waals surface area contributed by atoms with Crippen LogP contribution in [0.1, 0.15) is 0 Å². The van der Waals surface area contributed by atoms with Crippen LogP contribution in [0, 0.1) is 0 Å². The van der Waals surface area contributed by atoms with Crippen LogP contribution in [0.5, 0.6) is 0 Å². The van der Waals surface area contributed by atoms with Crippen LogP contribution in [0.3, 0.4) is 0 Å². The normalized spacial score (nSPS) is 10.8. The van der Waals surface area contributed by atoms with E-state index in [2.05, 4.69) is 9.38 Å². The van der Waals surface area contributed by atoms with Crippen molar-refractivity contribution in [2.24, 2.45) is 11.4 Å². The zero-order valence-corrected chi connectivity index (χ0v) is 6.95. The van der Waals surface area contributed by atoms with Gasteiger partial charge in [-0.25, -0.2) is 9.78 Å². The highest BCUT2D eigenvalue weighted by atomic mass is 32.2. The topological polar surface area (TPSA) is 81.4 Å². The molecule has 64 valence electrons. The van der Waals surface area contributed by atoms with Gasteiger partial charge in [-0.2, -0.15) is 8.42 Å². The summed E-state index contributed by atoms with van der Waals surface area (Å²) in [6.45, 7) is 0. The molecule has 0 atom stereocenters. The molecule has 1 heterocycles. The maximum Gasteiger partial charge on any atom is 0.311 e. The molecule has 0 saturated carbocycles. The van der Waals surface area contributed by atoms with Crippen LogP contribution in [-0.2, 0) is 21.9 Å². The van der Waals surface area contributed by atoms with Crippen molar-refractivity contribution in [2.45, 2.75) is 5.03 Å². The van der Waals surface area contributed by atoms with Gasteiger partial charge >= 0.3 is 10.0 Å². The Labute approximate surface area is 68.6 Å². The van der Waals surface area contributed by atoms with Crippen LogP contribution in [0.25, 0.3) is 0 Å². The first-order chi connectivity index (χ1) is 5.56. The molecule has 0 spiro atoms. The maximum absolute atomic E-state index is 10.9. The number of imidazole rings is 1. The molecular weight excluding hydrogens is 182 g/mol. The minimum atomic E-state index is -3.92. The molecule has 0 aliphatic carbocycles. The molecule has 12 heavy (non-hydrogen) atoms. The number of aromatic nitrogens is 2. The highest BCUT2D eigenvalue weighted by Crippen LogP contribution is 2.06. The molecule has 0 aliphatic rings. The highest BCUT2D eigenvalue weighted by Gasteiger charge is 2.14. The first kappa shape index (κ1) is 8.63. The first-order valence-corrected chi connectivity index (χ1v) is 4.32. The van der Waals surface area contributed by atoms with E-state index in [9.17, 15) is 13.2 Å². The Hall–Kier alpha value is -1.46. The summed E-state index contributed by atoms with van der Waals surface area (Å²) in [6.07, 6.45) is 3.50. The Morgan fingerprint density at radius 3 is 2.75 bits per heavy atom. The predicted molar refractivity (Wildman–Crippen MR) is 38.5 cm³/mol. The van der Waals surface area contributed by atoms with E-state index in [0.717, 1.165) is 6.08 Å². The molecule has 0 radical (unpaired) electrons. The fourth-order valence-corrected chi connectivity index (χ4v) is 1.29. The summed E-state index contributed by atoms with van der Waals surface area (Å²) in [6, 6.07) is 0. The van der Waals surface area contributed by atoms with Crippen molar-refractivity contribution in [3.63, 3.8) is 0 Å². The van der Waals surface area contributed by atoms with Gasteiger partial charge < -0.3 is 4.57 Å². The minimum absolute atomic E-state index is 0.256. The van der Waals surface area contributed by atoms with Gasteiger partial charge in [0.15, 0.2) is 5.03 Å². The van der Waals surface area contributed by atoms with E-state index in [1.165, 1.54) is 17.1 Å². The lowest BCUT2D eigenvalue weighted by atomic mass is 10.9. The van der Waals surface area contributed by atoms with Crippen molar-refractivity contribution in [1.82, 2.24) is 9.55 Å². The summed E-state index contributed by atoms with van der Waals surface area (Å²) >= 11 is 0. The molecule has 1 rings (SSSR count). The molecule has 0 unspecified atom stereocenters. The van der Waals surface area contributed by atoms with Gasteiger partial charge in [0, 0.05) is 13.2 Å². The second kappa shape index (κ2) is 2.88. The van der Waals surface area contributed by atoms with Gasteiger partial charge in [0.2, 0.25) is 0 Å². The molecule has 0 fully saturated rings. The second-order valence-electron chi connectivity index (χ2n) is 2.04. The van der Waals surface area contributed by atoms with Crippen molar-refractivity contribution in [2.75, 3.05) is 0 Å². The summed E-state index contributed by atoms with van der Waals surface area (Å²) in [5, 5.41) is -0.256. The van der Waals surface area contributed by atoms with E-state index in [0.29, 0.717) is 0 Å². The van der Waals surface area contributed by atoms with E-state index < -0.39 is 10.0 Å². The fraction of sp³-hybridized carbons (Fsp3) is 0.200. The maximum atomic E-state index is 10.9. The van der Waals surface area contributed by atoms with Crippen LogP contribution in [0.4, 0.5) is 0 Å². The lowest BCUT2D eigenvalue weighted by Crippen LogP contribution is -1.96. The molecule has 1 aromatic heterocycles.